The summed E-state index contributed by atoms with van der Waals surface area (Å²) in [5.74, 6) is 0.418. The third-order valence-electron chi connectivity index (χ3n) is 7.50. The average molecular weight is 536 g/mol. The van der Waals surface area contributed by atoms with Gasteiger partial charge in [-0.3, -0.25) is 9.78 Å². The molecule has 0 atom stereocenters. The van der Waals surface area contributed by atoms with E-state index in [4.69, 9.17) is 9.47 Å². The molecule has 7 heteroatoms. The lowest BCUT2D eigenvalue weighted by atomic mass is 9.98. The average Bonchev–Trinajstić information content (AvgIpc) is 3.48. The molecule has 0 unspecified atom stereocenters. The molecule has 0 saturated carbocycles. The summed E-state index contributed by atoms with van der Waals surface area (Å²) in [7, 11) is 0. The van der Waals surface area contributed by atoms with Crippen molar-refractivity contribution in [2.75, 3.05) is 44.4 Å². The fourth-order valence-corrected chi connectivity index (χ4v) is 5.60. The number of aromatic nitrogens is 1. The Morgan fingerprint density at radius 2 is 1.82 bits per heavy atom. The van der Waals surface area contributed by atoms with Crippen molar-refractivity contribution < 1.29 is 18.7 Å². The number of amides is 1. The quantitative estimate of drug-likeness (QED) is 0.298. The second kappa shape index (κ2) is 13.9. The van der Waals surface area contributed by atoms with Gasteiger partial charge in [-0.2, -0.15) is 0 Å². The SMILES string of the molecule is CC.CC(=O)N(c1c(C)cnc2cc(F)c(-c3ccc(OCCCN4CCCC4)cc3)cc12)C1CCOCC1. The van der Waals surface area contributed by atoms with Crippen molar-refractivity contribution in [3.8, 4) is 16.9 Å². The molecule has 6 nitrogen and oxygen atoms in total. The first-order valence-corrected chi connectivity index (χ1v) is 14.4. The van der Waals surface area contributed by atoms with E-state index in [1.165, 1.54) is 32.0 Å². The third kappa shape index (κ3) is 6.95. The number of rotatable bonds is 8. The molecule has 2 saturated heterocycles. The van der Waals surface area contributed by atoms with Gasteiger partial charge in [0.15, 0.2) is 0 Å². The van der Waals surface area contributed by atoms with Gasteiger partial charge < -0.3 is 19.3 Å². The molecule has 1 aromatic heterocycles. The number of hydrogen-bond donors (Lipinski definition) is 0. The van der Waals surface area contributed by atoms with E-state index in [0.29, 0.717) is 30.9 Å². The third-order valence-corrected chi connectivity index (χ3v) is 7.50. The van der Waals surface area contributed by atoms with Crippen molar-refractivity contribution in [2.45, 2.75) is 65.8 Å². The minimum atomic E-state index is -0.338. The number of ether oxygens (including phenoxy) is 2. The Morgan fingerprint density at radius 3 is 2.49 bits per heavy atom. The van der Waals surface area contributed by atoms with Crippen LogP contribution in [-0.4, -0.2) is 61.3 Å². The molecular weight excluding hydrogens is 493 g/mol. The monoisotopic (exact) mass is 535 g/mol. The van der Waals surface area contributed by atoms with E-state index in [-0.39, 0.29) is 17.8 Å². The highest BCUT2D eigenvalue weighted by Gasteiger charge is 2.28. The molecule has 3 heterocycles. The number of fused-ring (bicyclic) bond motifs is 1. The van der Waals surface area contributed by atoms with Crippen LogP contribution in [0.5, 0.6) is 5.75 Å². The van der Waals surface area contributed by atoms with E-state index in [1.807, 2.05) is 56.0 Å². The number of likely N-dealkylation sites (tertiary alicyclic amines) is 1. The van der Waals surface area contributed by atoms with Crippen LogP contribution in [0, 0.1) is 12.7 Å². The van der Waals surface area contributed by atoms with Gasteiger partial charge in [0.05, 0.1) is 17.8 Å². The molecule has 2 aliphatic heterocycles. The van der Waals surface area contributed by atoms with Gasteiger partial charge in [-0.1, -0.05) is 26.0 Å². The van der Waals surface area contributed by atoms with Crippen molar-refractivity contribution in [2.24, 2.45) is 0 Å². The molecule has 1 amide bonds. The number of nitrogens with zero attached hydrogens (tertiary/aromatic N) is 3. The number of halogens is 1. The molecule has 0 bridgehead atoms. The zero-order valence-electron chi connectivity index (χ0n) is 23.8. The number of carbonyl (C=O) groups is 1. The molecule has 0 aliphatic carbocycles. The first kappa shape index (κ1) is 29.0. The molecule has 210 valence electrons. The maximum absolute atomic E-state index is 15.3. The maximum Gasteiger partial charge on any atom is 0.224 e. The van der Waals surface area contributed by atoms with E-state index in [1.54, 1.807) is 13.1 Å². The Morgan fingerprint density at radius 1 is 1.13 bits per heavy atom. The summed E-state index contributed by atoms with van der Waals surface area (Å²) in [5, 5.41) is 0.778. The molecule has 0 radical (unpaired) electrons. The van der Waals surface area contributed by atoms with Crippen LogP contribution in [0.1, 0.15) is 58.4 Å². The fraction of sp³-hybridized carbons (Fsp3) is 0.500. The van der Waals surface area contributed by atoms with E-state index in [0.717, 1.165) is 53.8 Å². The summed E-state index contributed by atoms with van der Waals surface area (Å²) >= 11 is 0. The molecular formula is C32H42FN3O3. The standard InChI is InChI=1S/C30H36FN3O3.C2H6/c1-21-20-32-29-19-28(31)26(18-27(29)30(21)34(22(2)35)24-10-16-36-17-11-24)23-6-8-25(9-7-23)37-15-5-14-33-12-3-4-13-33;1-2/h6-9,18-20,24H,3-5,10-17H2,1-2H3;1-2H3. The number of anilines is 1. The Bertz CT molecular complexity index is 1240. The largest absolute Gasteiger partial charge is 0.494 e. The van der Waals surface area contributed by atoms with E-state index in [9.17, 15) is 4.79 Å². The predicted molar refractivity (Wildman–Crippen MR) is 156 cm³/mol. The Kier molecular flexibility index (Phi) is 10.3. The molecule has 2 aliphatic rings. The number of benzene rings is 2. The second-order valence-electron chi connectivity index (χ2n) is 10.1. The zero-order chi connectivity index (χ0) is 27.8. The van der Waals surface area contributed by atoms with Crippen LogP contribution in [-0.2, 0) is 9.53 Å². The molecule has 39 heavy (non-hydrogen) atoms. The fourth-order valence-electron chi connectivity index (χ4n) is 5.60. The van der Waals surface area contributed by atoms with Crippen LogP contribution in [0.2, 0.25) is 0 Å². The molecule has 0 spiro atoms. The Labute approximate surface area is 232 Å². The molecule has 5 rings (SSSR count). The molecule has 2 fully saturated rings. The summed E-state index contributed by atoms with van der Waals surface area (Å²) in [6.45, 7) is 12.9. The van der Waals surface area contributed by atoms with Gasteiger partial charge in [-0.15, -0.1) is 0 Å². The van der Waals surface area contributed by atoms with Crippen LogP contribution in [0.25, 0.3) is 22.0 Å². The van der Waals surface area contributed by atoms with Gasteiger partial charge in [0.1, 0.15) is 11.6 Å². The lowest BCUT2D eigenvalue weighted by molar-refractivity contribution is -0.117. The van der Waals surface area contributed by atoms with E-state index < -0.39 is 0 Å². The first-order chi connectivity index (χ1) is 19.0. The molecule has 0 N–H and O–H groups in total. The van der Waals surface area contributed by atoms with Gasteiger partial charge in [-0.05, 0) is 81.4 Å². The zero-order valence-corrected chi connectivity index (χ0v) is 23.8. The van der Waals surface area contributed by atoms with Crippen LogP contribution < -0.4 is 9.64 Å². The van der Waals surface area contributed by atoms with Crippen molar-refractivity contribution in [1.82, 2.24) is 9.88 Å². The normalized spacial score (nSPS) is 16.1. The highest BCUT2D eigenvalue weighted by molar-refractivity contribution is 6.04. The van der Waals surface area contributed by atoms with Crippen molar-refractivity contribution in [1.29, 1.82) is 0 Å². The van der Waals surface area contributed by atoms with Gasteiger partial charge in [0, 0.05) is 55.9 Å². The van der Waals surface area contributed by atoms with E-state index in [2.05, 4.69) is 9.88 Å². The van der Waals surface area contributed by atoms with Crippen LogP contribution in [0.4, 0.5) is 10.1 Å². The van der Waals surface area contributed by atoms with Gasteiger partial charge in [0.2, 0.25) is 5.91 Å². The highest BCUT2D eigenvalue weighted by atomic mass is 19.1. The Balaban J connectivity index is 0.00000172. The minimum absolute atomic E-state index is 0.0281. The van der Waals surface area contributed by atoms with Crippen LogP contribution >= 0.6 is 0 Å². The van der Waals surface area contributed by atoms with Crippen LogP contribution in [0.15, 0.2) is 42.6 Å². The van der Waals surface area contributed by atoms with Crippen molar-refractivity contribution in [3.05, 3.63) is 54.0 Å². The molecule has 3 aromatic rings. The van der Waals surface area contributed by atoms with Gasteiger partial charge >= 0.3 is 0 Å². The van der Waals surface area contributed by atoms with E-state index >= 15 is 4.39 Å². The highest BCUT2D eigenvalue weighted by Crippen LogP contribution is 2.37. The number of hydrogen-bond acceptors (Lipinski definition) is 5. The summed E-state index contributed by atoms with van der Waals surface area (Å²) in [5.41, 5.74) is 3.49. The lowest BCUT2D eigenvalue weighted by Crippen LogP contribution is -2.43. The summed E-state index contributed by atoms with van der Waals surface area (Å²) in [6, 6.07) is 10.9. The van der Waals surface area contributed by atoms with Gasteiger partial charge in [-0.25, -0.2) is 4.39 Å². The van der Waals surface area contributed by atoms with Crippen molar-refractivity contribution >= 4 is 22.5 Å². The minimum Gasteiger partial charge on any atom is -0.494 e. The van der Waals surface area contributed by atoms with Crippen molar-refractivity contribution in [3.63, 3.8) is 0 Å². The molecule has 2 aromatic carbocycles. The van der Waals surface area contributed by atoms with Gasteiger partial charge in [0.25, 0.3) is 0 Å². The predicted octanol–water partition coefficient (Wildman–Crippen LogP) is 6.77. The number of carbonyl (C=O) groups excluding carboxylic acids is 1. The Hall–Kier alpha value is -3.03. The summed E-state index contributed by atoms with van der Waals surface area (Å²) in [4.78, 5) is 21.7. The topological polar surface area (TPSA) is 54.9 Å². The number of aryl methyl sites for hydroxylation is 1. The number of pyridine rings is 1. The smallest absolute Gasteiger partial charge is 0.224 e. The first-order valence-electron chi connectivity index (χ1n) is 14.4. The maximum atomic E-state index is 15.3. The second-order valence-corrected chi connectivity index (χ2v) is 10.1. The van der Waals surface area contributed by atoms with Crippen LogP contribution in [0.3, 0.4) is 0 Å². The summed E-state index contributed by atoms with van der Waals surface area (Å²) < 4.78 is 26.7. The lowest BCUT2D eigenvalue weighted by Gasteiger charge is -2.35. The summed E-state index contributed by atoms with van der Waals surface area (Å²) in [6.07, 6.45) is 6.87.